The Kier molecular flexibility index (Phi) is 8.11. The molecule has 0 fully saturated rings. The molecule has 35 heavy (non-hydrogen) atoms. The molecule has 0 heterocycles. The molecule has 0 aliphatic rings. The van der Waals surface area contributed by atoms with Crippen LogP contribution >= 0.6 is 0 Å². The van der Waals surface area contributed by atoms with E-state index in [2.05, 4.69) is 46.9 Å². The molecule has 2 N–H and O–H groups in total. The number of benzene rings is 3. The molecule has 5 heteroatoms. The second kappa shape index (κ2) is 10.9. The van der Waals surface area contributed by atoms with Crippen molar-refractivity contribution < 1.29 is 19.4 Å². The molecule has 0 unspecified atom stereocenters. The third-order valence-electron chi connectivity index (χ3n) is 5.72. The fourth-order valence-corrected chi connectivity index (χ4v) is 3.71. The summed E-state index contributed by atoms with van der Waals surface area (Å²) < 4.78 is 11.4. The number of rotatable bonds is 8. The Labute approximate surface area is 209 Å². The normalized spacial score (nSPS) is 11.7. The summed E-state index contributed by atoms with van der Waals surface area (Å²) in [7, 11) is 0. The van der Waals surface area contributed by atoms with Gasteiger partial charge in [-0.1, -0.05) is 71.9 Å². The quantitative estimate of drug-likeness (QED) is 0.403. The van der Waals surface area contributed by atoms with Crippen molar-refractivity contribution in [2.75, 3.05) is 6.61 Å². The molecular formula is C30H37NO4. The molecule has 0 atom stereocenters. The van der Waals surface area contributed by atoms with Crippen molar-refractivity contribution in [1.29, 1.82) is 0 Å². The Morgan fingerprint density at radius 3 is 1.80 bits per heavy atom. The van der Waals surface area contributed by atoms with Crippen LogP contribution in [-0.2, 0) is 28.8 Å². The van der Waals surface area contributed by atoms with E-state index < -0.39 is 0 Å². The van der Waals surface area contributed by atoms with Crippen LogP contribution < -0.4 is 14.8 Å². The molecule has 3 aromatic carbocycles. The van der Waals surface area contributed by atoms with E-state index in [1.54, 1.807) is 12.1 Å². The Balaban J connectivity index is 1.55. The molecule has 0 saturated heterocycles. The van der Waals surface area contributed by atoms with Crippen LogP contribution in [0.4, 0.5) is 0 Å². The van der Waals surface area contributed by atoms with Crippen LogP contribution in [0.25, 0.3) is 0 Å². The number of ether oxygens (including phenoxy) is 2. The first-order valence-corrected chi connectivity index (χ1v) is 12.0. The van der Waals surface area contributed by atoms with Gasteiger partial charge in [0.2, 0.25) is 0 Å². The largest absolute Gasteiger partial charge is 0.507 e. The molecule has 0 saturated carbocycles. The summed E-state index contributed by atoms with van der Waals surface area (Å²) >= 11 is 0. The molecule has 0 spiro atoms. The number of phenolic OH excluding ortho intramolecular Hbond substituents is 1. The summed E-state index contributed by atoms with van der Waals surface area (Å²) in [6, 6.07) is 21.2. The molecule has 0 bridgehead atoms. The number of carbonyl (C=O) groups is 1. The molecule has 1 amide bonds. The molecule has 5 nitrogen and oxygen atoms in total. The highest BCUT2D eigenvalue weighted by Crippen LogP contribution is 2.39. The Morgan fingerprint density at radius 1 is 0.771 bits per heavy atom. The fourth-order valence-electron chi connectivity index (χ4n) is 3.71. The first-order chi connectivity index (χ1) is 16.4. The second-order valence-electron chi connectivity index (χ2n) is 10.9. The van der Waals surface area contributed by atoms with E-state index in [0.717, 1.165) is 28.0 Å². The lowest BCUT2D eigenvalue weighted by atomic mass is 9.78. The maximum Gasteiger partial charge on any atom is 0.258 e. The van der Waals surface area contributed by atoms with Gasteiger partial charge in [0.25, 0.3) is 5.91 Å². The third kappa shape index (κ3) is 7.51. The van der Waals surface area contributed by atoms with Crippen LogP contribution in [0.1, 0.15) is 63.8 Å². The summed E-state index contributed by atoms with van der Waals surface area (Å²) in [5.41, 5.74) is 3.36. The number of hydrogen-bond donors (Lipinski definition) is 2. The Bertz CT molecular complexity index is 1090. The first kappa shape index (κ1) is 26.1. The van der Waals surface area contributed by atoms with Crippen molar-refractivity contribution in [3.8, 4) is 17.2 Å². The van der Waals surface area contributed by atoms with Crippen LogP contribution in [0.3, 0.4) is 0 Å². The molecule has 0 aliphatic heterocycles. The van der Waals surface area contributed by atoms with Crippen LogP contribution in [-0.4, -0.2) is 17.6 Å². The predicted molar refractivity (Wildman–Crippen MR) is 140 cm³/mol. The molecule has 3 aromatic rings. The molecule has 0 aliphatic carbocycles. The average Bonchev–Trinajstić information content (AvgIpc) is 2.80. The zero-order chi connectivity index (χ0) is 25.6. The number of carbonyl (C=O) groups excluding carboxylic acids is 1. The fraction of sp³-hybridized carbons (Fsp3) is 0.367. The lowest BCUT2D eigenvalue weighted by Gasteiger charge is -2.28. The van der Waals surface area contributed by atoms with Crippen LogP contribution in [0.15, 0.2) is 66.7 Å². The van der Waals surface area contributed by atoms with Crippen molar-refractivity contribution >= 4 is 5.91 Å². The van der Waals surface area contributed by atoms with Gasteiger partial charge in [0.05, 0.1) is 0 Å². The Morgan fingerprint density at radius 2 is 1.29 bits per heavy atom. The second-order valence-corrected chi connectivity index (χ2v) is 10.9. The summed E-state index contributed by atoms with van der Waals surface area (Å²) in [6.07, 6.45) is 0. The van der Waals surface area contributed by atoms with E-state index in [1.807, 2.05) is 54.6 Å². The van der Waals surface area contributed by atoms with Gasteiger partial charge in [-0.3, -0.25) is 4.79 Å². The first-order valence-electron chi connectivity index (χ1n) is 12.0. The topological polar surface area (TPSA) is 67.8 Å². The lowest BCUT2D eigenvalue weighted by molar-refractivity contribution is -0.123. The van der Waals surface area contributed by atoms with Crippen LogP contribution in [0.5, 0.6) is 17.2 Å². The van der Waals surface area contributed by atoms with Crippen LogP contribution in [0.2, 0.25) is 0 Å². The van der Waals surface area contributed by atoms with Crippen molar-refractivity contribution in [3.05, 3.63) is 89.0 Å². The maximum absolute atomic E-state index is 12.4. The zero-order valence-corrected chi connectivity index (χ0v) is 21.6. The van der Waals surface area contributed by atoms with E-state index in [0.29, 0.717) is 24.7 Å². The van der Waals surface area contributed by atoms with Crippen LogP contribution in [0, 0.1) is 0 Å². The summed E-state index contributed by atoms with van der Waals surface area (Å²) in [5.74, 6) is 1.46. The van der Waals surface area contributed by atoms with Gasteiger partial charge in [-0.2, -0.15) is 0 Å². The highest BCUT2D eigenvalue weighted by molar-refractivity contribution is 5.77. The van der Waals surface area contributed by atoms with Gasteiger partial charge in [-0.05, 0) is 69.5 Å². The van der Waals surface area contributed by atoms with Gasteiger partial charge in [0.15, 0.2) is 6.61 Å². The standard InChI is InChI=1S/C30H37NO4/c1-29(2,3)25-16-22(17-26(28(25)33)30(4,5)6)18-31-27(32)20-35-24-14-12-23(13-15-24)34-19-21-10-8-7-9-11-21/h7-17,33H,18-20H2,1-6H3,(H,31,32). The smallest absolute Gasteiger partial charge is 0.258 e. The molecule has 186 valence electrons. The summed E-state index contributed by atoms with van der Waals surface area (Å²) in [6.45, 7) is 13.2. The van der Waals surface area contributed by atoms with Crippen molar-refractivity contribution in [2.24, 2.45) is 0 Å². The van der Waals surface area contributed by atoms with E-state index in [9.17, 15) is 9.90 Å². The van der Waals surface area contributed by atoms with Crippen molar-refractivity contribution in [3.63, 3.8) is 0 Å². The van der Waals surface area contributed by atoms with Gasteiger partial charge in [-0.15, -0.1) is 0 Å². The minimum atomic E-state index is -0.218. The SMILES string of the molecule is CC(C)(C)c1cc(CNC(=O)COc2ccc(OCc3ccccc3)cc2)cc(C(C)(C)C)c1O. The Hall–Kier alpha value is -3.47. The van der Waals surface area contributed by atoms with Crippen molar-refractivity contribution in [2.45, 2.75) is 65.5 Å². The lowest BCUT2D eigenvalue weighted by Crippen LogP contribution is -2.29. The van der Waals surface area contributed by atoms with E-state index >= 15 is 0 Å². The number of nitrogens with one attached hydrogen (secondary N) is 1. The van der Waals surface area contributed by atoms with E-state index in [1.165, 1.54) is 0 Å². The third-order valence-corrected chi connectivity index (χ3v) is 5.72. The molecule has 3 rings (SSSR count). The molecular weight excluding hydrogens is 438 g/mol. The molecule has 0 radical (unpaired) electrons. The number of amides is 1. The van der Waals surface area contributed by atoms with Gasteiger partial charge < -0.3 is 19.9 Å². The van der Waals surface area contributed by atoms with Gasteiger partial charge >= 0.3 is 0 Å². The predicted octanol–water partition coefficient (Wildman–Crippen LogP) is 6.26. The average molecular weight is 476 g/mol. The summed E-state index contributed by atoms with van der Waals surface area (Å²) in [5, 5.41) is 13.8. The number of aromatic hydroxyl groups is 1. The van der Waals surface area contributed by atoms with Crippen molar-refractivity contribution in [1.82, 2.24) is 5.32 Å². The van der Waals surface area contributed by atoms with Gasteiger partial charge in [0.1, 0.15) is 23.9 Å². The number of hydrogen-bond acceptors (Lipinski definition) is 4. The zero-order valence-electron chi connectivity index (χ0n) is 21.6. The minimum Gasteiger partial charge on any atom is -0.507 e. The number of phenols is 1. The monoisotopic (exact) mass is 475 g/mol. The summed E-state index contributed by atoms with van der Waals surface area (Å²) in [4.78, 5) is 12.4. The maximum atomic E-state index is 12.4. The van der Waals surface area contributed by atoms with E-state index in [4.69, 9.17) is 9.47 Å². The van der Waals surface area contributed by atoms with Gasteiger partial charge in [0, 0.05) is 6.54 Å². The van der Waals surface area contributed by atoms with Gasteiger partial charge in [-0.25, -0.2) is 0 Å². The highest BCUT2D eigenvalue weighted by atomic mass is 16.5. The highest BCUT2D eigenvalue weighted by Gasteiger charge is 2.26. The van der Waals surface area contributed by atoms with E-state index in [-0.39, 0.29) is 23.3 Å². The minimum absolute atomic E-state index is 0.0828. The molecule has 0 aromatic heterocycles.